The normalized spacial score (nSPS) is 8.67. The first-order chi connectivity index (χ1) is 8.62. The van der Waals surface area contributed by atoms with Crippen LogP contribution in [0.15, 0.2) is 12.2 Å². The molecule has 0 N–H and O–H groups in total. The van der Waals surface area contributed by atoms with Crippen molar-refractivity contribution in [3.05, 3.63) is 12.2 Å². The maximum absolute atomic E-state index is 10.5. The second-order valence-electron chi connectivity index (χ2n) is 2.94. The number of hydrogen-bond donors (Lipinski definition) is 0. The van der Waals surface area contributed by atoms with Crippen molar-refractivity contribution in [2.45, 2.75) is 40.5 Å². The van der Waals surface area contributed by atoms with Gasteiger partial charge in [0.25, 0.3) is 0 Å². The fraction of sp³-hybridized carbons (Fsp3) is 0.571. The van der Waals surface area contributed by atoms with Crippen LogP contribution in [0.2, 0.25) is 0 Å². The minimum Gasteiger partial charge on any atom is -0.463 e. The molecule has 0 aliphatic carbocycles. The van der Waals surface area contributed by atoms with E-state index in [0.717, 1.165) is 6.42 Å². The smallest absolute Gasteiger partial charge is 0.384 e. The highest BCUT2D eigenvalue weighted by Gasteiger charge is 1.90. The number of ether oxygens (including phenoxy) is 2. The van der Waals surface area contributed by atoms with Crippen LogP contribution < -0.4 is 0 Å². The third-order valence-electron chi connectivity index (χ3n) is 1.42. The van der Waals surface area contributed by atoms with Gasteiger partial charge in [-0.3, -0.25) is 0 Å². The molecule has 4 nitrogen and oxygen atoms in total. The van der Waals surface area contributed by atoms with Crippen molar-refractivity contribution in [3.63, 3.8) is 0 Å². The number of carbonyl (C=O) groups excluding carboxylic acids is 2. The monoisotopic (exact) mass is 254 g/mol. The Balaban J connectivity index is 0. The van der Waals surface area contributed by atoms with E-state index < -0.39 is 5.97 Å². The summed E-state index contributed by atoms with van der Waals surface area (Å²) in [5, 5.41) is 0. The van der Waals surface area contributed by atoms with E-state index in [1.165, 1.54) is 6.08 Å². The minimum atomic E-state index is -0.431. The van der Waals surface area contributed by atoms with Gasteiger partial charge in [-0.2, -0.15) is 0 Å². The predicted molar refractivity (Wildman–Crippen MR) is 70.8 cm³/mol. The molecule has 0 radical (unpaired) electrons. The summed E-state index contributed by atoms with van der Waals surface area (Å²) in [6.07, 6.45) is 4.79. The maximum Gasteiger partial charge on any atom is 0.384 e. The van der Waals surface area contributed by atoms with Gasteiger partial charge in [0.15, 0.2) is 0 Å². The van der Waals surface area contributed by atoms with Crippen molar-refractivity contribution in [1.29, 1.82) is 0 Å². The van der Waals surface area contributed by atoms with Gasteiger partial charge >= 0.3 is 11.9 Å². The molecule has 0 amide bonds. The van der Waals surface area contributed by atoms with E-state index in [-0.39, 0.29) is 5.97 Å². The maximum atomic E-state index is 10.5. The van der Waals surface area contributed by atoms with E-state index in [0.29, 0.717) is 19.6 Å². The Hall–Kier alpha value is -1.76. The summed E-state index contributed by atoms with van der Waals surface area (Å²) in [5.74, 6) is 4.25. The zero-order chi connectivity index (χ0) is 14.2. The second-order valence-corrected chi connectivity index (χ2v) is 2.94. The summed E-state index contributed by atoms with van der Waals surface area (Å²) in [7, 11) is 0. The summed E-state index contributed by atoms with van der Waals surface area (Å²) < 4.78 is 9.15. The largest absolute Gasteiger partial charge is 0.463 e. The highest BCUT2D eigenvalue weighted by molar-refractivity contribution is 5.88. The Bertz CT molecular complexity index is 307. The Morgan fingerprint density at radius 1 is 1.06 bits per heavy atom. The van der Waals surface area contributed by atoms with Crippen molar-refractivity contribution >= 4 is 11.9 Å². The summed E-state index contributed by atoms with van der Waals surface area (Å²) in [6, 6.07) is 0. The Morgan fingerprint density at radius 2 is 1.67 bits per heavy atom. The molecule has 0 aliphatic rings. The van der Waals surface area contributed by atoms with Gasteiger partial charge < -0.3 is 9.47 Å². The molecule has 0 unspecified atom stereocenters. The van der Waals surface area contributed by atoms with Crippen molar-refractivity contribution in [1.82, 2.24) is 0 Å². The highest BCUT2D eigenvalue weighted by atomic mass is 16.5. The summed E-state index contributed by atoms with van der Waals surface area (Å²) in [6.45, 7) is 8.25. The van der Waals surface area contributed by atoms with Crippen LogP contribution in [0.3, 0.4) is 0 Å². The van der Waals surface area contributed by atoms with Crippen molar-refractivity contribution in [3.8, 4) is 11.8 Å². The molecule has 0 atom stereocenters. The van der Waals surface area contributed by atoms with E-state index in [2.05, 4.69) is 21.3 Å². The third kappa shape index (κ3) is 16.7. The molecule has 0 aromatic heterocycles. The van der Waals surface area contributed by atoms with Gasteiger partial charge in [-0.05, 0) is 20.3 Å². The van der Waals surface area contributed by atoms with Gasteiger partial charge in [-0.15, -0.1) is 0 Å². The Labute approximate surface area is 109 Å². The van der Waals surface area contributed by atoms with E-state index in [1.54, 1.807) is 19.9 Å². The summed E-state index contributed by atoms with van der Waals surface area (Å²) in [4.78, 5) is 20.9. The zero-order valence-electron chi connectivity index (χ0n) is 11.6. The van der Waals surface area contributed by atoms with Gasteiger partial charge in [-0.25, -0.2) is 9.59 Å². The average molecular weight is 254 g/mol. The Morgan fingerprint density at radius 3 is 2.11 bits per heavy atom. The molecule has 4 heteroatoms. The molecular formula is C14H22O4. The SMILES string of the molecule is CC/C=C\C(=O)OCC.CCC#CC(=O)OCC. The lowest BCUT2D eigenvalue weighted by Gasteiger charge is -1.92. The zero-order valence-corrected chi connectivity index (χ0v) is 11.6. The van der Waals surface area contributed by atoms with Gasteiger partial charge in [0.2, 0.25) is 0 Å². The molecule has 0 aromatic carbocycles. The number of hydrogen-bond acceptors (Lipinski definition) is 4. The van der Waals surface area contributed by atoms with E-state index in [4.69, 9.17) is 0 Å². The van der Waals surface area contributed by atoms with Crippen LogP contribution in [0.4, 0.5) is 0 Å². The van der Waals surface area contributed by atoms with Crippen LogP contribution in [0, 0.1) is 11.8 Å². The van der Waals surface area contributed by atoms with Crippen molar-refractivity contribution in [2.75, 3.05) is 13.2 Å². The number of allylic oxidation sites excluding steroid dienone is 1. The van der Waals surface area contributed by atoms with Crippen LogP contribution in [0.1, 0.15) is 40.5 Å². The molecule has 0 aromatic rings. The quantitative estimate of drug-likeness (QED) is 0.335. The molecular weight excluding hydrogens is 232 g/mol. The molecule has 0 aliphatic heterocycles. The van der Waals surface area contributed by atoms with Gasteiger partial charge in [0.05, 0.1) is 13.2 Å². The first-order valence-electron chi connectivity index (χ1n) is 6.11. The molecule has 102 valence electrons. The van der Waals surface area contributed by atoms with Crippen molar-refractivity contribution in [2.24, 2.45) is 0 Å². The molecule has 0 spiro atoms. The lowest BCUT2D eigenvalue weighted by atomic mass is 10.4. The van der Waals surface area contributed by atoms with E-state index in [9.17, 15) is 9.59 Å². The summed E-state index contributed by atoms with van der Waals surface area (Å²) >= 11 is 0. The third-order valence-corrected chi connectivity index (χ3v) is 1.42. The van der Waals surface area contributed by atoms with Crippen LogP contribution in [-0.4, -0.2) is 25.2 Å². The topological polar surface area (TPSA) is 52.6 Å². The molecule has 0 saturated carbocycles. The molecule has 0 rings (SSSR count). The van der Waals surface area contributed by atoms with Crippen LogP contribution in [0.25, 0.3) is 0 Å². The van der Waals surface area contributed by atoms with Gasteiger partial charge in [0.1, 0.15) is 0 Å². The average Bonchev–Trinajstić information content (AvgIpc) is 2.35. The lowest BCUT2D eigenvalue weighted by Crippen LogP contribution is -1.99. The fourth-order valence-electron chi connectivity index (χ4n) is 0.732. The lowest BCUT2D eigenvalue weighted by molar-refractivity contribution is -0.137. The van der Waals surface area contributed by atoms with Crippen LogP contribution in [0.5, 0.6) is 0 Å². The first-order valence-corrected chi connectivity index (χ1v) is 6.11. The molecule has 18 heavy (non-hydrogen) atoms. The van der Waals surface area contributed by atoms with Gasteiger partial charge in [0, 0.05) is 18.4 Å². The number of esters is 2. The second kappa shape index (κ2) is 15.2. The molecule has 0 fully saturated rings. The Kier molecular flexibility index (Phi) is 15.7. The van der Waals surface area contributed by atoms with Crippen molar-refractivity contribution < 1.29 is 19.1 Å². The van der Waals surface area contributed by atoms with Gasteiger partial charge in [-0.1, -0.05) is 25.8 Å². The molecule has 0 bridgehead atoms. The van der Waals surface area contributed by atoms with E-state index in [1.807, 2.05) is 13.8 Å². The minimum absolute atomic E-state index is 0.251. The standard InChI is InChI=1S/C7H12O2.C7H10O2/c2*1-3-5-6-7(8)9-4-2/h5-6H,3-4H2,1-2H3;3-4H2,1-2H3/b6-5-;. The highest BCUT2D eigenvalue weighted by Crippen LogP contribution is 1.83. The predicted octanol–water partition coefficient (Wildman–Crippen LogP) is 2.48. The van der Waals surface area contributed by atoms with Crippen LogP contribution in [-0.2, 0) is 19.1 Å². The molecule has 0 saturated heterocycles. The van der Waals surface area contributed by atoms with Crippen LogP contribution >= 0.6 is 0 Å². The van der Waals surface area contributed by atoms with E-state index >= 15 is 0 Å². The fourth-order valence-corrected chi connectivity index (χ4v) is 0.732. The number of rotatable bonds is 4. The number of carbonyl (C=O) groups is 2. The summed E-state index contributed by atoms with van der Waals surface area (Å²) in [5.41, 5.74) is 0. The molecule has 0 heterocycles. The first kappa shape index (κ1) is 18.6.